The van der Waals surface area contributed by atoms with Crippen molar-refractivity contribution in [2.24, 2.45) is 0 Å². The van der Waals surface area contributed by atoms with E-state index in [2.05, 4.69) is 73.4 Å². The summed E-state index contributed by atoms with van der Waals surface area (Å²) in [6, 6.07) is 14.7. The molecule has 114 valence electrons. The second-order valence-corrected chi connectivity index (χ2v) is 6.44. The fourth-order valence-electron chi connectivity index (χ4n) is 2.93. The third-order valence-corrected chi connectivity index (χ3v) is 4.36. The van der Waals surface area contributed by atoms with Crippen LogP contribution in [0.3, 0.4) is 0 Å². The number of hydrogen-bond donors (Lipinski definition) is 0. The largest absolute Gasteiger partial charge is 0.344 e. The molecule has 0 amide bonds. The third kappa shape index (κ3) is 2.90. The van der Waals surface area contributed by atoms with Gasteiger partial charge in [-0.25, -0.2) is 0 Å². The van der Waals surface area contributed by atoms with E-state index in [9.17, 15) is 0 Å². The van der Waals surface area contributed by atoms with Gasteiger partial charge in [-0.05, 0) is 62.0 Å². The molecule has 0 saturated heterocycles. The van der Waals surface area contributed by atoms with Crippen LogP contribution in [0.5, 0.6) is 0 Å². The first-order valence-electron chi connectivity index (χ1n) is 7.54. The molecule has 0 N–H and O–H groups in total. The van der Waals surface area contributed by atoms with Crippen molar-refractivity contribution in [3.05, 3.63) is 58.6 Å². The first kappa shape index (κ1) is 15.1. The lowest BCUT2D eigenvalue weighted by Gasteiger charge is -2.22. The second-order valence-electron chi connectivity index (χ2n) is 6.00. The Kier molecular flexibility index (Phi) is 4.23. The van der Waals surface area contributed by atoms with Gasteiger partial charge in [-0.3, -0.25) is 0 Å². The summed E-state index contributed by atoms with van der Waals surface area (Å²) in [5.74, 6) is 0. The molecule has 0 spiro atoms. The summed E-state index contributed by atoms with van der Waals surface area (Å²) in [7, 11) is 6.34. The Labute approximate surface area is 137 Å². The normalized spacial score (nSPS) is 13.5. The molecular formula is C19H21ClN2. The quantitative estimate of drug-likeness (QED) is 0.794. The molecule has 2 aromatic carbocycles. The van der Waals surface area contributed by atoms with Crippen molar-refractivity contribution < 1.29 is 0 Å². The van der Waals surface area contributed by atoms with E-state index < -0.39 is 0 Å². The van der Waals surface area contributed by atoms with E-state index in [-0.39, 0.29) is 0 Å². The monoisotopic (exact) mass is 312 g/mol. The summed E-state index contributed by atoms with van der Waals surface area (Å²) in [4.78, 5) is 4.47. The predicted molar refractivity (Wildman–Crippen MR) is 97.0 cm³/mol. The molecule has 0 unspecified atom stereocenters. The lowest BCUT2D eigenvalue weighted by atomic mass is 9.99. The van der Waals surface area contributed by atoms with Crippen molar-refractivity contribution in [1.29, 1.82) is 0 Å². The summed E-state index contributed by atoms with van der Waals surface area (Å²) in [6.45, 7) is 1.03. The van der Waals surface area contributed by atoms with Crippen molar-refractivity contribution in [1.82, 2.24) is 4.90 Å². The van der Waals surface area contributed by atoms with Crippen LogP contribution in [0.4, 0.5) is 11.4 Å². The zero-order valence-electron chi connectivity index (χ0n) is 13.3. The molecule has 0 atom stereocenters. The molecule has 3 rings (SSSR count). The third-order valence-electron chi connectivity index (χ3n) is 4.12. The van der Waals surface area contributed by atoms with Gasteiger partial charge in [-0.15, -0.1) is 0 Å². The lowest BCUT2D eigenvalue weighted by molar-refractivity contribution is 0.420. The van der Waals surface area contributed by atoms with Crippen LogP contribution >= 0.6 is 11.6 Å². The standard InChI is InChI=1S/C19H21ClN2/c1-21(2)11-10-14-12-15-13-16(20)8-9-18(15)22(3)19-7-5-4-6-17(14)19/h4-9,12-13H,10-11H2,1-3H3. The molecule has 3 heteroatoms. The summed E-state index contributed by atoms with van der Waals surface area (Å²) in [6.07, 6.45) is 3.30. The van der Waals surface area contributed by atoms with Gasteiger partial charge < -0.3 is 9.80 Å². The number of benzene rings is 2. The van der Waals surface area contributed by atoms with Crippen LogP contribution in [-0.4, -0.2) is 32.6 Å². The Morgan fingerprint density at radius 2 is 1.82 bits per heavy atom. The van der Waals surface area contributed by atoms with E-state index >= 15 is 0 Å². The average Bonchev–Trinajstić information content (AvgIpc) is 2.61. The Morgan fingerprint density at radius 1 is 1.05 bits per heavy atom. The zero-order chi connectivity index (χ0) is 15.7. The maximum atomic E-state index is 6.21. The highest BCUT2D eigenvalue weighted by Gasteiger charge is 2.19. The number of fused-ring (bicyclic) bond motifs is 2. The molecule has 1 aliphatic rings. The number of nitrogens with zero attached hydrogens (tertiary/aromatic N) is 2. The minimum absolute atomic E-state index is 0.779. The maximum absolute atomic E-state index is 6.21. The predicted octanol–water partition coefficient (Wildman–Crippen LogP) is 4.91. The van der Waals surface area contributed by atoms with Gasteiger partial charge in [-0.1, -0.05) is 29.8 Å². The van der Waals surface area contributed by atoms with Crippen LogP contribution < -0.4 is 4.90 Å². The van der Waals surface area contributed by atoms with E-state index in [1.165, 1.54) is 28.1 Å². The number of anilines is 2. The van der Waals surface area contributed by atoms with Crippen LogP contribution in [0.15, 0.2) is 42.5 Å². The van der Waals surface area contributed by atoms with E-state index in [0.29, 0.717) is 0 Å². The van der Waals surface area contributed by atoms with Gasteiger partial charge in [0.2, 0.25) is 0 Å². The van der Waals surface area contributed by atoms with Gasteiger partial charge in [0.05, 0.1) is 0 Å². The van der Waals surface area contributed by atoms with Crippen molar-refractivity contribution in [3.63, 3.8) is 0 Å². The SMILES string of the molecule is CN(C)CCC1=Cc2cc(Cl)ccc2N(C)c2ccccc21. The molecule has 22 heavy (non-hydrogen) atoms. The van der Waals surface area contributed by atoms with Crippen LogP contribution in [0.1, 0.15) is 17.5 Å². The fraction of sp³-hybridized carbons (Fsp3) is 0.263. The lowest BCUT2D eigenvalue weighted by Crippen LogP contribution is -2.14. The van der Waals surface area contributed by atoms with Gasteiger partial charge in [0.1, 0.15) is 0 Å². The molecule has 1 heterocycles. The molecule has 0 radical (unpaired) electrons. The molecule has 0 bridgehead atoms. The van der Waals surface area contributed by atoms with Crippen LogP contribution in [0.2, 0.25) is 5.02 Å². The first-order chi connectivity index (χ1) is 10.6. The number of halogens is 1. The number of para-hydroxylation sites is 1. The molecule has 0 aromatic heterocycles. The summed E-state index contributed by atoms with van der Waals surface area (Å²) >= 11 is 6.21. The molecule has 0 aliphatic carbocycles. The molecular weight excluding hydrogens is 292 g/mol. The number of hydrogen-bond acceptors (Lipinski definition) is 2. The summed E-state index contributed by atoms with van der Waals surface area (Å²) in [5, 5.41) is 0.779. The van der Waals surface area contributed by atoms with E-state index in [1.54, 1.807) is 0 Å². The molecule has 1 aliphatic heterocycles. The van der Waals surface area contributed by atoms with Crippen molar-refractivity contribution in [3.8, 4) is 0 Å². The molecule has 0 saturated carbocycles. The smallest absolute Gasteiger partial charge is 0.0484 e. The van der Waals surface area contributed by atoms with Crippen LogP contribution in [-0.2, 0) is 0 Å². The fourth-order valence-corrected chi connectivity index (χ4v) is 3.11. The first-order valence-corrected chi connectivity index (χ1v) is 7.92. The summed E-state index contributed by atoms with van der Waals surface area (Å²) < 4.78 is 0. The van der Waals surface area contributed by atoms with Crippen molar-refractivity contribution >= 4 is 34.6 Å². The van der Waals surface area contributed by atoms with Crippen molar-refractivity contribution in [2.75, 3.05) is 32.6 Å². The highest BCUT2D eigenvalue weighted by molar-refractivity contribution is 6.30. The Balaban J connectivity index is 2.15. The van der Waals surface area contributed by atoms with Gasteiger partial charge in [0.15, 0.2) is 0 Å². The maximum Gasteiger partial charge on any atom is 0.0484 e. The van der Waals surface area contributed by atoms with Crippen LogP contribution in [0.25, 0.3) is 11.6 Å². The molecule has 0 fully saturated rings. The highest BCUT2D eigenvalue weighted by atomic mass is 35.5. The molecule has 2 nitrogen and oxygen atoms in total. The van der Waals surface area contributed by atoms with Crippen LogP contribution in [0, 0.1) is 0 Å². The highest BCUT2D eigenvalue weighted by Crippen LogP contribution is 2.40. The number of rotatable bonds is 3. The Morgan fingerprint density at radius 3 is 2.59 bits per heavy atom. The summed E-state index contributed by atoms with van der Waals surface area (Å²) in [5.41, 5.74) is 6.28. The topological polar surface area (TPSA) is 6.48 Å². The average molecular weight is 313 g/mol. The van der Waals surface area contributed by atoms with Gasteiger partial charge in [0.25, 0.3) is 0 Å². The van der Waals surface area contributed by atoms with Gasteiger partial charge in [0, 0.05) is 35.6 Å². The minimum atomic E-state index is 0.779. The minimum Gasteiger partial charge on any atom is -0.344 e. The Hall–Kier alpha value is -1.77. The van der Waals surface area contributed by atoms with Gasteiger partial charge >= 0.3 is 0 Å². The second kappa shape index (κ2) is 6.15. The van der Waals surface area contributed by atoms with Gasteiger partial charge in [-0.2, -0.15) is 0 Å². The van der Waals surface area contributed by atoms with E-state index in [0.717, 1.165) is 18.0 Å². The molecule has 2 aromatic rings. The van der Waals surface area contributed by atoms with E-state index in [1.807, 2.05) is 6.07 Å². The zero-order valence-corrected chi connectivity index (χ0v) is 14.1. The Bertz CT molecular complexity index is 719. The van der Waals surface area contributed by atoms with Crippen molar-refractivity contribution in [2.45, 2.75) is 6.42 Å². The van der Waals surface area contributed by atoms with E-state index in [4.69, 9.17) is 11.6 Å².